The number of nitrogens with one attached hydrogen (secondary N) is 2. The van der Waals surface area contributed by atoms with Gasteiger partial charge in [-0.2, -0.15) is 10.4 Å². The summed E-state index contributed by atoms with van der Waals surface area (Å²) in [7, 11) is 1.49. The molecule has 0 saturated heterocycles. The first-order chi connectivity index (χ1) is 13.1. The van der Waals surface area contributed by atoms with Crippen molar-refractivity contribution < 1.29 is 13.9 Å². The first-order valence-electron chi connectivity index (χ1n) is 7.98. The second-order valence-corrected chi connectivity index (χ2v) is 5.53. The molecule has 134 valence electrons. The summed E-state index contributed by atoms with van der Waals surface area (Å²) in [6.45, 7) is 0. The Kier molecular flexibility index (Phi) is 5.28. The Morgan fingerprint density at radius 3 is 2.70 bits per heavy atom. The van der Waals surface area contributed by atoms with Crippen LogP contribution in [0.4, 0.5) is 10.1 Å². The van der Waals surface area contributed by atoms with Crippen LogP contribution in [-0.4, -0.2) is 23.2 Å². The Labute approximate surface area is 154 Å². The van der Waals surface area contributed by atoms with Crippen LogP contribution in [0.1, 0.15) is 5.56 Å². The van der Waals surface area contributed by atoms with Gasteiger partial charge in [-0.05, 0) is 42.5 Å². The van der Waals surface area contributed by atoms with E-state index < -0.39 is 5.91 Å². The SMILES string of the molecule is COc1ccccc1NC(=O)/C(C#N)=C\c1cn[nH]c1-c1ccc(F)cc1. The fourth-order valence-corrected chi connectivity index (χ4v) is 2.49. The number of aromatic amines is 1. The van der Waals surface area contributed by atoms with Gasteiger partial charge in [-0.1, -0.05) is 12.1 Å². The molecule has 1 amide bonds. The summed E-state index contributed by atoms with van der Waals surface area (Å²) in [6.07, 6.45) is 2.92. The lowest BCUT2D eigenvalue weighted by molar-refractivity contribution is -0.112. The predicted octanol–water partition coefficient (Wildman–Crippen LogP) is 3.77. The number of aromatic nitrogens is 2. The molecule has 0 spiro atoms. The average Bonchev–Trinajstić information content (AvgIpc) is 3.15. The van der Waals surface area contributed by atoms with Gasteiger partial charge in [-0.15, -0.1) is 0 Å². The zero-order valence-electron chi connectivity index (χ0n) is 14.4. The van der Waals surface area contributed by atoms with Crippen molar-refractivity contribution in [2.75, 3.05) is 12.4 Å². The summed E-state index contributed by atoms with van der Waals surface area (Å²) in [5.41, 5.74) is 2.14. The molecule has 3 rings (SSSR count). The van der Waals surface area contributed by atoms with E-state index in [2.05, 4.69) is 15.5 Å². The van der Waals surface area contributed by atoms with Crippen LogP contribution in [0.15, 0.2) is 60.3 Å². The Hall–Kier alpha value is -3.92. The molecular weight excluding hydrogens is 347 g/mol. The number of hydrogen-bond donors (Lipinski definition) is 2. The number of carbonyl (C=O) groups excluding carboxylic acids is 1. The van der Waals surface area contributed by atoms with Crippen molar-refractivity contribution in [1.82, 2.24) is 10.2 Å². The van der Waals surface area contributed by atoms with Gasteiger partial charge in [0.2, 0.25) is 0 Å². The van der Waals surface area contributed by atoms with Crippen LogP contribution >= 0.6 is 0 Å². The monoisotopic (exact) mass is 362 g/mol. The van der Waals surface area contributed by atoms with Crippen molar-refractivity contribution >= 4 is 17.7 Å². The van der Waals surface area contributed by atoms with Crippen LogP contribution in [0, 0.1) is 17.1 Å². The maximum absolute atomic E-state index is 13.1. The molecule has 0 fully saturated rings. The topological polar surface area (TPSA) is 90.8 Å². The summed E-state index contributed by atoms with van der Waals surface area (Å²) in [6, 6.07) is 14.6. The van der Waals surface area contributed by atoms with Crippen molar-refractivity contribution in [3.8, 4) is 23.1 Å². The quantitative estimate of drug-likeness (QED) is 0.534. The lowest BCUT2D eigenvalue weighted by Gasteiger charge is -2.09. The molecule has 3 aromatic rings. The van der Waals surface area contributed by atoms with Crippen LogP contribution in [0.5, 0.6) is 5.75 Å². The molecule has 2 N–H and O–H groups in total. The first-order valence-corrected chi connectivity index (χ1v) is 7.98. The number of anilines is 1. The van der Waals surface area contributed by atoms with Gasteiger partial charge < -0.3 is 10.1 Å². The average molecular weight is 362 g/mol. The van der Waals surface area contributed by atoms with Crippen molar-refractivity contribution in [2.45, 2.75) is 0 Å². The number of para-hydroxylation sites is 2. The molecule has 6 nitrogen and oxygen atoms in total. The first kappa shape index (κ1) is 17.9. The third-order valence-electron chi connectivity index (χ3n) is 3.82. The lowest BCUT2D eigenvalue weighted by atomic mass is 10.1. The van der Waals surface area contributed by atoms with Crippen molar-refractivity contribution in [3.63, 3.8) is 0 Å². The van der Waals surface area contributed by atoms with Crippen LogP contribution in [0.3, 0.4) is 0 Å². The highest BCUT2D eigenvalue weighted by Crippen LogP contribution is 2.25. The number of hydrogen-bond acceptors (Lipinski definition) is 4. The number of halogens is 1. The van der Waals surface area contributed by atoms with Gasteiger partial charge in [-0.25, -0.2) is 4.39 Å². The minimum absolute atomic E-state index is 0.106. The second-order valence-electron chi connectivity index (χ2n) is 5.53. The molecule has 0 atom stereocenters. The van der Waals surface area contributed by atoms with E-state index >= 15 is 0 Å². The summed E-state index contributed by atoms with van der Waals surface area (Å²) in [5, 5.41) is 18.8. The normalized spacial score (nSPS) is 10.9. The number of methoxy groups -OCH3 is 1. The molecule has 7 heteroatoms. The number of H-pyrrole nitrogens is 1. The van der Waals surface area contributed by atoms with Crippen molar-refractivity contribution in [3.05, 3.63) is 71.7 Å². The van der Waals surface area contributed by atoms with E-state index in [1.807, 2.05) is 6.07 Å². The zero-order chi connectivity index (χ0) is 19.2. The van der Waals surface area contributed by atoms with Crippen LogP contribution in [-0.2, 0) is 4.79 Å². The number of nitrogens with zero attached hydrogens (tertiary/aromatic N) is 2. The summed E-state index contributed by atoms with van der Waals surface area (Å²) >= 11 is 0. The van der Waals surface area contributed by atoms with Crippen LogP contribution in [0.2, 0.25) is 0 Å². The third kappa shape index (κ3) is 4.02. The molecule has 0 radical (unpaired) electrons. The highest BCUT2D eigenvalue weighted by Gasteiger charge is 2.14. The number of ether oxygens (including phenoxy) is 1. The molecule has 2 aromatic carbocycles. The maximum atomic E-state index is 13.1. The number of carbonyl (C=O) groups is 1. The largest absolute Gasteiger partial charge is 0.495 e. The van der Waals surface area contributed by atoms with E-state index in [0.29, 0.717) is 28.3 Å². The molecule has 0 aliphatic rings. The Balaban J connectivity index is 1.89. The Morgan fingerprint density at radius 2 is 2.00 bits per heavy atom. The van der Waals surface area contributed by atoms with Crippen LogP contribution < -0.4 is 10.1 Å². The van der Waals surface area contributed by atoms with Crippen molar-refractivity contribution in [2.24, 2.45) is 0 Å². The Morgan fingerprint density at radius 1 is 1.26 bits per heavy atom. The van der Waals surface area contributed by atoms with Gasteiger partial charge in [0.1, 0.15) is 23.2 Å². The smallest absolute Gasteiger partial charge is 0.266 e. The van der Waals surface area contributed by atoms with Crippen LogP contribution in [0.25, 0.3) is 17.3 Å². The molecule has 0 bridgehead atoms. The highest BCUT2D eigenvalue weighted by molar-refractivity contribution is 6.10. The molecule has 0 unspecified atom stereocenters. The summed E-state index contributed by atoms with van der Waals surface area (Å²) in [4.78, 5) is 12.5. The van der Waals surface area contributed by atoms with Gasteiger partial charge in [0.05, 0.1) is 24.7 Å². The molecule has 0 aliphatic heterocycles. The van der Waals surface area contributed by atoms with Gasteiger partial charge in [0, 0.05) is 11.1 Å². The standard InChI is InChI=1S/C20H15FN4O2/c1-27-18-5-3-2-4-17(18)24-20(26)14(11-22)10-15-12-23-25-19(15)13-6-8-16(21)9-7-13/h2-10,12H,1H3,(H,23,25)(H,24,26)/b14-10-. The lowest BCUT2D eigenvalue weighted by Crippen LogP contribution is -2.14. The Bertz CT molecular complexity index is 1030. The highest BCUT2D eigenvalue weighted by atomic mass is 19.1. The van der Waals surface area contributed by atoms with E-state index in [1.54, 1.807) is 36.4 Å². The molecule has 1 heterocycles. The predicted molar refractivity (Wildman–Crippen MR) is 99.2 cm³/mol. The summed E-state index contributed by atoms with van der Waals surface area (Å²) < 4.78 is 18.3. The van der Waals surface area contributed by atoms with E-state index in [9.17, 15) is 14.4 Å². The van der Waals surface area contributed by atoms with Gasteiger partial charge >= 0.3 is 0 Å². The molecule has 1 aromatic heterocycles. The number of benzene rings is 2. The summed E-state index contributed by atoms with van der Waals surface area (Å²) in [5.74, 6) is -0.448. The fourth-order valence-electron chi connectivity index (χ4n) is 2.49. The zero-order valence-corrected chi connectivity index (χ0v) is 14.4. The number of amides is 1. The minimum Gasteiger partial charge on any atom is -0.495 e. The minimum atomic E-state index is -0.576. The van der Waals surface area contributed by atoms with E-state index in [-0.39, 0.29) is 11.4 Å². The molecule has 27 heavy (non-hydrogen) atoms. The number of nitriles is 1. The third-order valence-corrected chi connectivity index (χ3v) is 3.82. The van der Waals surface area contributed by atoms with E-state index in [1.165, 1.54) is 31.5 Å². The molecule has 0 aliphatic carbocycles. The molecular formula is C20H15FN4O2. The fraction of sp³-hybridized carbons (Fsp3) is 0.0500. The van der Waals surface area contributed by atoms with Crippen molar-refractivity contribution in [1.29, 1.82) is 5.26 Å². The van der Waals surface area contributed by atoms with E-state index in [0.717, 1.165) is 0 Å². The second kappa shape index (κ2) is 7.97. The van der Waals surface area contributed by atoms with E-state index in [4.69, 9.17) is 4.74 Å². The van der Waals surface area contributed by atoms with Gasteiger partial charge in [0.25, 0.3) is 5.91 Å². The number of rotatable bonds is 5. The van der Waals surface area contributed by atoms with Gasteiger partial charge in [-0.3, -0.25) is 9.89 Å². The molecule has 0 saturated carbocycles. The maximum Gasteiger partial charge on any atom is 0.266 e. The van der Waals surface area contributed by atoms with Gasteiger partial charge in [0.15, 0.2) is 0 Å².